The number of piperazine rings is 1. The van der Waals surface area contributed by atoms with Crippen LogP contribution in [0.1, 0.15) is 25.5 Å². The number of morpholine rings is 1. The van der Waals surface area contributed by atoms with E-state index < -0.39 is 24.3 Å². The van der Waals surface area contributed by atoms with Crippen LogP contribution in [-0.2, 0) is 14.3 Å². The Morgan fingerprint density at radius 2 is 1.91 bits per heavy atom. The van der Waals surface area contributed by atoms with Crippen LogP contribution in [0.4, 0.5) is 23.1 Å². The van der Waals surface area contributed by atoms with Crippen LogP contribution in [0, 0.1) is 0 Å². The van der Waals surface area contributed by atoms with Crippen LogP contribution >= 0.6 is 11.3 Å². The number of hydrogen-bond acceptors (Lipinski definition) is 8. The first-order chi connectivity index (χ1) is 15.6. The number of fused-ring (bicyclic) bond motifs is 1. The third kappa shape index (κ3) is 5.39. The number of esters is 1. The summed E-state index contributed by atoms with van der Waals surface area (Å²) in [7, 11) is 0. The van der Waals surface area contributed by atoms with Crippen LogP contribution in [0.25, 0.3) is 10.2 Å². The van der Waals surface area contributed by atoms with E-state index in [1.807, 2.05) is 18.2 Å². The number of carbonyl (C=O) groups excluding carboxylic acids is 2. The Bertz CT molecular complexity index is 1020. The third-order valence-electron chi connectivity index (χ3n) is 5.82. The van der Waals surface area contributed by atoms with Crippen LogP contribution in [0.5, 0.6) is 0 Å². The maximum absolute atomic E-state index is 12.4. The molecule has 180 valence electrons. The minimum atomic E-state index is -5.22. The highest BCUT2D eigenvalue weighted by atomic mass is 32.1. The number of hydrogen-bond donors (Lipinski definition) is 0. The van der Waals surface area contributed by atoms with Crippen molar-refractivity contribution in [3.05, 3.63) is 23.8 Å². The molecule has 0 spiro atoms. The molecule has 33 heavy (non-hydrogen) atoms. The number of ether oxygens (including phenoxy) is 2. The molecule has 12 heteroatoms. The van der Waals surface area contributed by atoms with Gasteiger partial charge in [0.05, 0.1) is 23.4 Å². The Kier molecular flexibility index (Phi) is 6.78. The van der Waals surface area contributed by atoms with E-state index in [2.05, 4.69) is 28.4 Å². The molecule has 1 aromatic heterocycles. The van der Waals surface area contributed by atoms with Gasteiger partial charge in [-0.3, -0.25) is 4.90 Å². The summed E-state index contributed by atoms with van der Waals surface area (Å²) in [5.74, 6) is -2.52. The van der Waals surface area contributed by atoms with E-state index in [-0.39, 0.29) is 19.7 Å². The highest BCUT2D eigenvalue weighted by molar-refractivity contribution is 7.22. The average Bonchev–Trinajstić information content (AvgIpc) is 3.22. The fraction of sp³-hybridized carbons (Fsp3) is 0.571. The van der Waals surface area contributed by atoms with Crippen molar-refractivity contribution in [3.8, 4) is 0 Å². The zero-order chi connectivity index (χ0) is 23.8. The zero-order valence-corrected chi connectivity index (χ0v) is 19.1. The van der Waals surface area contributed by atoms with Gasteiger partial charge in [-0.1, -0.05) is 17.4 Å². The molecule has 1 aromatic carbocycles. The van der Waals surface area contributed by atoms with Crippen molar-refractivity contribution in [1.29, 1.82) is 0 Å². The lowest BCUT2D eigenvalue weighted by Crippen LogP contribution is -2.48. The highest BCUT2D eigenvalue weighted by Crippen LogP contribution is 2.33. The molecule has 2 aliphatic heterocycles. The molecule has 4 rings (SSSR count). The van der Waals surface area contributed by atoms with Gasteiger partial charge >= 0.3 is 18.2 Å². The molecule has 2 aliphatic rings. The summed E-state index contributed by atoms with van der Waals surface area (Å²) in [5, 5.41) is 0.950. The summed E-state index contributed by atoms with van der Waals surface area (Å²) in [4.78, 5) is 33.5. The normalized spacial score (nSPS) is 20.5. The summed E-state index contributed by atoms with van der Waals surface area (Å²) >= 11 is 1.58. The molecular formula is C21H25F3N4O4S. The van der Waals surface area contributed by atoms with Gasteiger partial charge in [-0.15, -0.1) is 0 Å². The minimum absolute atomic E-state index is 0.0156. The molecule has 2 aromatic rings. The second kappa shape index (κ2) is 9.43. The van der Waals surface area contributed by atoms with E-state index in [9.17, 15) is 22.8 Å². The summed E-state index contributed by atoms with van der Waals surface area (Å²) in [6, 6.07) is 6.16. The molecule has 0 bridgehead atoms. The van der Waals surface area contributed by atoms with Gasteiger partial charge in [0.2, 0.25) is 0 Å². The summed E-state index contributed by atoms with van der Waals surface area (Å²) in [6.45, 7) is 8.30. The molecule has 0 saturated carbocycles. The van der Waals surface area contributed by atoms with Crippen LogP contribution in [0.3, 0.4) is 0 Å². The number of benzene rings is 1. The number of halogens is 3. The lowest BCUT2D eigenvalue weighted by molar-refractivity contribution is -0.194. The standard InChI is InChI=1S/C21H25F3N4O4S/c1-13(2)26-5-7-27(8-6-26)19-25-15-4-3-14(11-17(15)33-19)16-12-28(9-10-31-16)20(30)32-18(29)21(22,23)24/h3-4,11,13,16H,5-10,12H2,1-2H3. The molecule has 3 heterocycles. The SMILES string of the molecule is CC(C)N1CCN(c2nc3ccc(C4CN(C(=O)OC(=O)C(F)(F)F)CCO4)cc3s2)CC1. The van der Waals surface area contributed by atoms with Crippen molar-refractivity contribution in [2.24, 2.45) is 0 Å². The minimum Gasteiger partial charge on any atom is -0.370 e. The molecule has 1 amide bonds. The predicted octanol–water partition coefficient (Wildman–Crippen LogP) is 3.43. The molecule has 8 nitrogen and oxygen atoms in total. The van der Waals surface area contributed by atoms with Gasteiger partial charge < -0.3 is 19.3 Å². The molecule has 2 saturated heterocycles. The summed E-state index contributed by atoms with van der Waals surface area (Å²) in [6.07, 6.45) is -7.10. The fourth-order valence-corrected chi connectivity index (χ4v) is 4.98. The molecule has 0 N–H and O–H groups in total. The van der Waals surface area contributed by atoms with E-state index >= 15 is 0 Å². The van der Waals surface area contributed by atoms with Crippen LogP contribution in [0.15, 0.2) is 18.2 Å². The van der Waals surface area contributed by atoms with Crippen LogP contribution in [0.2, 0.25) is 0 Å². The molecular weight excluding hydrogens is 461 g/mol. The van der Waals surface area contributed by atoms with E-state index in [4.69, 9.17) is 9.72 Å². The van der Waals surface area contributed by atoms with Crippen molar-refractivity contribution in [3.63, 3.8) is 0 Å². The van der Waals surface area contributed by atoms with Crippen molar-refractivity contribution in [1.82, 2.24) is 14.8 Å². The van der Waals surface area contributed by atoms with Gasteiger partial charge in [-0.05, 0) is 31.5 Å². The van der Waals surface area contributed by atoms with Crippen molar-refractivity contribution < 1.29 is 32.2 Å². The van der Waals surface area contributed by atoms with Crippen molar-refractivity contribution in [2.75, 3.05) is 50.8 Å². The van der Waals surface area contributed by atoms with E-state index in [0.717, 1.165) is 52.0 Å². The first kappa shape index (κ1) is 23.7. The molecule has 1 atom stereocenters. The third-order valence-corrected chi connectivity index (χ3v) is 6.90. The number of rotatable bonds is 3. The van der Waals surface area contributed by atoms with E-state index in [1.54, 1.807) is 11.3 Å². The molecule has 0 aliphatic carbocycles. The Balaban J connectivity index is 1.43. The fourth-order valence-electron chi connectivity index (χ4n) is 3.91. The van der Waals surface area contributed by atoms with E-state index in [1.165, 1.54) is 0 Å². The highest BCUT2D eigenvalue weighted by Gasteiger charge is 2.43. The zero-order valence-electron chi connectivity index (χ0n) is 18.3. The van der Waals surface area contributed by atoms with Crippen LogP contribution in [-0.4, -0.2) is 84.9 Å². The van der Waals surface area contributed by atoms with Gasteiger partial charge in [-0.2, -0.15) is 13.2 Å². The van der Waals surface area contributed by atoms with Crippen molar-refractivity contribution >= 4 is 38.7 Å². The largest absolute Gasteiger partial charge is 0.491 e. The Hall–Kier alpha value is -2.44. The Morgan fingerprint density at radius 3 is 2.58 bits per heavy atom. The quantitative estimate of drug-likeness (QED) is 0.486. The van der Waals surface area contributed by atoms with Crippen molar-refractivity contribution in [2.45, 2.75) is 32.2 Å². The number of carbonyl (C=O) groups is 2. The summed E-state index contributed by atoms with van der Waals surface area (Å²) < 4.78 is 47.8. The van der Waals surface area contributed by atoms with Gasteiger partial charge in [0, 0.05) is 38.8 Å². The predicted molar refractivity (Wildman–Crippen MR) is 116 cm³/mol. The number of aromatic nitrogens is 1. The smallest absolute Gasteiger partial charge is 0.370 e. The first-order valence-electron chi connectivity index (χ1n) is 10.7. The second-order valence-electron chi connectivity index (χ2n) is 8.30. The van der Waals surface area contributed by atoms with Gasteiger partial charge in [0.25, 0.3) is 0 Å². The topological polar surface area (TPSA) is 75.2 Å². The average molecular weight is 487 g/mol. The molecule has 2 fully saturated rings. The maximum atomic E-state index is 12.4. The number of amides is 1. The monoisotopic (exact) mass is 486 g/mol. The summed E-state index contributed by atoms with van der Waals surface area (Å²) in [5.41, 5.74) is 1.63. The lowest BCUT2D eigenvalue weighted by atomic mass is 10.1. The molecule has 1 unspecified atom stereocenters. The van der Waals surface area contributed by atoms with Gasteiger partial charge in [0.1, 0.15) is 6.10 Å². The second-order valence-corrected chi connectivity index (χ2v) is 9.31. The number of anilines is 1. The number of alkyl halides is 3. The Labute approximate surface area is 192 Å². The lowest BCUT2D eigenvalue weighted by Gasteiger charge is -2.36. The first-order valence-corrected chi connectivity index (χ1v) is 11.5. The Morgan fingerprint density at radius 1 is 1.18 bits per heavy atom. The maximum Gasteiger partial charge on any atom is 0.491 e. The van der Waals surface area contributed by atoms with Gasteiger partial charge in [0.15, 0.2) is 5.13 Å². The molecule has 0 radical (unpaired) electrons. The van der Waals surface area contributed by atoms with Crippen LogP contribution < -0.4 is 4.90 Å². The number of nitrogens with zero attached hydrogens (tertiary/aromatic N) is 4. The van der Waals surface area contributed by atoms with E-state index in [0.29, 0.717) is 6.04 Å². The number of thiazole rings is 1. The van der Waals surface area contributed by atoms with Gasteiger partial charge in [-0.25, -0.2) is 14.6 Å².